The van der Waals surface area contributed by atoms with Gasteiger partial charge in [-0.05, 0) is 12.1 Å². The molecule has 66 valence electrons. The third-order valence-corrected chi connectivity index (χ3v) is 2.17. The molecule has 0 saturated carbocycles. The number of ether oxygens (including phenoxy) is 1. The van der Waals surface area contributed by atoms with Gasteiger partial charge in [-0.15, -0.1) is 0 Å². The molecule has 1 heterocycles. The molecule has 1 aliphatic rings. The van der Waals surface area contributed by atoms with Crippen molar-refractivity contribution in [3.05, 3.63) is 28.3 Å². The van der Waals surface area contributed by atoms with Gasteiger partial charge in [0.1, 0.15) is 5.75 Å². The Kier molecular flexibility index (Phi) is 1.81. The molecule has 0 aliphatic carbocycles. The van der Waals surface area contributed by atoms with E-state index < -0.39 is 0 Å². The molecule has 0 radical (unpaired) electrons. The number of benzene rings is 1. The van der Waals surface area contributed by atoms with E-state index in [1.54, 1.807) is 12.1 Å². The maximum Gasteiger partial charge on any atom is 0.277 e. The van der Waals surface area contributed by atoms with Crippen LogP contribution < -0.4 is 4.74 Å². The molecule has 13 heavy (non-hydrogen) atoms. The molecule has 0 unspecified atom stereocenters. The SMILES string of the molecule is COc1cc2c(cc1Cl)C=NC2=O. The normalized spacial score (nSPS) is 13.2. The maximum atomic E-state index is 11.1. The van der Waals surface area contributed by atoms with Crippen LogP contribution in [-0.2, 0) is 0 Å². The molecule has 0 bridgehead atoms. The highest BCUT2D eigenvalue weighted by molar-refractivity contribution is 6.33. The predicted octanol–water partition coefficient (Wildman–Crippen LogP) is 1.92. The zero-order valence-electron chi connectivity index (χ0n) is 6.87. The molecule has 0 fully saturated rings. The summed E-state index contributed by atoms with van der Waals surface area (Å²) in [7, 11) is 1.51. The van der Waals surface area contributed by atoms with E-state index in [0.29, 0.717) is 16.3 Å². The standard InChI is InChI=1S/C9H6ClNO2/c1-13-8-3-6-5(2-7(8)10)4-11-9(6)12/h2-4H,1H3. The number of aliphatic imine (C=N–C) groups is 1. The monoisotopic (exact) mass is 195 g/mol. The summed E-state index contributed by atoms with van der Waals surface area (Å²) in [6.45, 7) is 0. The van der Waals surface area contributed by atoms with E-state index in [4.69, 9.17) is 16.3 Å². The smallest absolute Gasteiger partial charge is 0.277 e. The third-order valence-electron chi connectivity index (χ3n) is 1.88. The number of carbonyl (C=O) groups is 1. The number of nitrogens with zero attached hydrogens (tertiary/aromatic N) is 1. The number of fused-ring (bicyclic) bond motifs is 1. The van der Waals surface area contributed by atoms with Crippen LogP contribution in [0.25, 0.3) is 0 Å². The van der Waals surface area contributed by atoms with Crippen molar-refractivity contribution in [2.45, 2.75) is 0 Å². The minimum atomic E-state index is -0.245. The molecule has 4 heteroatoms. The second-order valence-electron chi connectivity index (χ2n) is 2.64. The van der Waals surface area contributed by atoms with Crippen molar-refractivity contribution in [3.63, 3.8) is 0 Å². The molecule has 0 spiro atoms. The first-order valence-corrected chi connectivity index (χ1v) is 4.06. The summed E-state index contributed by atoms with van der Waals surface area (Å²) in [6.07, 6.45) is 1.50. The van der Waals surface area contributed by atoms with Gasteiger partial charge in [0.15, 0.2) is 0 Å². The highest BCUT2D eigenvalue weighted by atomic mass is 35.5. The minimum absolute atomic E-state index is 0.245. The summed E-state index contributed by atoms with van der Waals surface area (Å²) in [4.78, 5) is 14.8. The van der Waals surface area contributed by atoms with E-state index in [2.05, 4.69) is 4.99 Å². The van der Waals surface area contributed by atoms with E-state index in [0.717, 1.165) is 5.56 Å². The van der Waals surface area contributed by atoms with E-state index in [1.807, 2.05) is 0 Å². The van der Waals surface area contributed by atoms with Crippen molar-refractivity contribution in [1.29, 1.82) is 0 Å². The van der Waals surface area contributed by atoms with Gasteiger partial charge in [0.05, 0.1) is 17.7 Å². The lowest BCUT2D eigenvalue weighted by molar-refractivity contribution is 0.101. The fourth-order valence-corrected chi connectivity index (χ4v) is 1.46. The average Bonchev–Trinajstić information content (AvgIpc) is 2.46. The van der Waals surface area contributed by atoms with Gasteiger partial charge in [-0.3, -0.25) is 4.79 Å². The Bertz CT molecular complexity index is 412. The molecule has 3 nitrogen and oxygen atoms in total. The molecule has 0 aromatic heterocycles. The second kappa shape index (κ2) is 2.85. The van der Waals surface area contributed by atoms with Crippen molar-refractivity contribution < 1.29 is 9.53 Å². The summed E-state index contributed by atoms with van der Waals surface area (Å²) in [5.74, 6) is 0.254. The molecular formula is C9H6ClNO2. The Morgan fingerprint density at radius 1 is 1.46 bits per heavy atom. The first-order valence-electron chi connectivity index (χ1n) is 3.68. The zero-order valence-corrected chi connectivity index (χ0v) is 7.63. The highest BCUT2D eigenvalue weighted by Crippen LogP contribution is 2.29. The average molecular weight is 196 g/mol. The van der Waals surface area contributed by atoms with Crippen molar-refractivity contribution in [2.75, 3.05) is 7.11 Å². The Morgan fingerprint density at radius 3 is 2.92 bits per heavy atom. The minimum Gasteiger partial charge on any atom is -0.495 e. The lowest BCUT2D eigenvalue weighted by atomic mass is 10.1. The molecule has 1 aliphatic heterocycles. The quantitative estimate of drug-likeness (QED) is 0.687. The highest BCUT2D eigenvalue weighted by Gasteiger charge is 2.17. The van der Waals surface area contributed by atoms with Gasteiger partial charge in [-0.1, -0.05) is 11.6 Å². The van der Waals surface area contributed by atoms with Crippen LogP contribution in [0.5, 0.6) is 5.75 Å². The predicted molar refractivity (Wildman–Crippen MR) is 49.9 cm³/mol. The van der Waals surface area contributed by atoms with Crippen LogP contribution >= 0.6 is 11.6 Å². The van der Waals surface area contributed by atoms with Crippen LogP contribution in [0.3, 0.4) is 0 Å². The summed E-state index contributed by atoms with van der Waals surface area (Å²) >= 11 is 5.86. The summed E-state index contributed by atoms with van der Waals surface area (Å²) < 4.78 is 4.98. The number of hydrogen-bond donors (Lipinski definition) is 0. The fourth-order valence-electron chi connectivity index (χ4n) is 1.21. The van der Waals surface area contributed by atoms with E-state index >= 15 is 0 Å². The maximum absolute atomic E-state index is 11.1. The van der Waals surface area contributed by atoms with Crippen LogP contribution in [0.1, 0.15) is 15.9 Å². The van der Waals surface area contributed by atoms with Crippen LogP contribution in [0.15, 0.2) is 17.1 Å². The first kappa shape index (κ1) is 8.26. The molecule has 2 rings (SSSR count). The first-order chi connectivity index (χ1) is 6.22. The number of amides is 1. The fraction of sp³-hybridized carbons (Fsp3) is 0.111. The molecule has 0 N–H and O–H groups in total. The number of halogens is 1. The number of rotatable bonds is 1. The molecule has 1 aromatic rings. The van der Waals surface area contributed by atoms with Crippen molar-refractivity contribution in [3.8, 4) is 5.75 Å². The molecule has 1 amide bonds. The van der Waals surface area contributed by atoms with Gasteiger partial charge in [-0.2, -0.15) is 0 Å². The van der Waals surface area contributed by atoms with Gasteiger partial charge in [0.25, 0.3) is 5.91 Å². The molecular weight excluding hydrogens is 190 g/mol. The van der Waals surface area contributed by atoms with E-state index in [1.165, 1.54) is 13.3 Å². The Morgan fingerprint density at radius 2 is 2.23 bits per heavy atom. The molecule has 0 atom stereocenters. The largest absolute Gasteiger partial charge is 0.495 e. The summed E-state index contributed by atoms with van der Waals surface area (Å²) in [6, 6.07) is 3.27. The van der Waals surface area contributed by atoms with Gasteiger partial charge >= 0.3 is 0 Å². The zero-order chi connectivity index (χ0) is 9.42. The Balaban J connectivity index is 2.62. The van der Waals surface area contributed by atoms with Gasteiger partial charge in [0.2, 0.25) is 0 Å². The lowest BCUT2D eigenvalue weighted by Gasteiger charge is -2.04. The Hall–Kier alpha value is -1.35. The van der Waals surface area contributed by atoms with E-state index in [-0.39, 0.29) is 5.91 Å². The third kappa shape index (κ3) is 1.21. The number of carbonyl (C=O) groups excluding carboxylic acids is 1. The van der Waals surface area contributed by atoms with Gasteiger partial charge in [0, 0.05) is 11.8 Å². The second-order valence-corrected chi connectivity index (χ2v) is 3.04. The van der Waals surface area contributed by atoms with E-state index in [9.17, 15) is 4.79 Å². The van der Waals surface area contributed by atoms with Gasteiger partial charge in [-0.25, -0.2) is 4.99 Å². The molecule has 0 saturated heterocycles. The van der Waals surface area contributed by atoms with Crippen LogP contribution in [0.4, 0.5) is 0 Å². The summed E-state index contributed by atoms with van der Waals surface area (Å²) in [5, 5.41) is 0.488. The van der Waals surface area contributed by atoms with Crippen LogP contribution in [0.2, 0.25) is 5.02 Å². The van der Waals surface area contributed by atoms with Crippen molar-refractivity contribution >= 4 is 23.7 Å². The Labute approximate surface area is 80.0 Å². The van der Waals surface area contributed by atoms with Crippen LogP contribution in [-0.4, -0.2) is 19.2 Å². The number of hydrogen-bond acceptors (Lipinski definition) is 2. The van der Waals surface area contributed by atoms with Crippen molar-refractivity contribution in [1.82, 2.24) is 0 Å². The van der Waals surface area contributed by atoms with Crippen molar-refractivity contribution in [2.24, 2.45) is 4.99 Å². The molecule has 1 aromatic carbocycles. The topological polar surface area (TPSA) is 38.7 Å². The lowest BCUT2D eigenvalue weighted by Crippen LogP contribution is -1.94. The van der Waals surface area contributed by atoms with Crippen LogP contribution in [0, 0.1) is 0 Å². The number of methoxy groups -OCH3 is 1. The summed E-state index contributed by atoms with van der Waals surface area (Å²) in [5.41, 5.74) is 1.29. The van der Waals surface area contributed by atoms with Gasteiger partial charge < -0.3 is 4.74 Å².